The van der Waals surface area contributed by atoms with Crippen LogP contribution in [0.3, 0.4) is 0 Å². The number of unbranched alkanes of at least 4 members (excludes halogenated alkanes) is 7. The fraction of sp³-hybridized carbons (Fsp3) is 0.636. The third-order valence-corrected chi connectivity index (χ3v) is 9.54. The van der Waals surface area contributed by atoms with Gasteiger partial charge in [0.15, 0.2) is 0 Å². The molecule has 3 N–H and O–H groups in total. The van der Waals surface area contributed by atoms with Crippen LogP contribution in [0.25, 0.3) is 10.4 Å². The molecule has 238 valence electrons. The first-order valence-electron chi connectivity index (χ1n) is 15.6. The predicted octanol–water partition coefficient (Wildman–Crippen LogP) is 6.13. The van der Waals surface area contributed by atoms with Crippen molar-refractivity contribution >= 4 is 45.0 Å². The molecule has 0 spiro atoms. The lowest BCUT2D eigenvalue weighted by Gasteiger charge is -2.35. The minimum Gasteiger partial charge on any atom is -0.391 e. The number of β-amino-alcohol motifs (C(OH)–C–C–N with tert-alkyl or cyclic N) is 1. The average molecular weight is 678 g/mol. The Balaban J connectivity index is 1.52. The maximum absolute atomic E-state index is 13.8. The van der Waals surface area contributed by atoms with Crippen molar-refractivity contribution in [2.75, 3.05) is 11.9 Å². The van der Waals surface area contributed by atoms with Gasteiger partial charge in [-0.25, -0.2) is 4.98 Å². The highest BCUT2D eigenvalue weighted by molar-refractivity contribution is 9.09. The molecule has 1 fully saturated rings. The van der Waals surface area contributed by atoms with E-state index in [1.807, 2.05) is 57.5 Å². The lowest BCUT2D eigenvalue weighted by molar-refractivity contribution is -0.144. The number of amides is 3. The van der Waals surface area contributed by atoms with E-state index in [9.17, 15) is 19.5 Å². The van der Waals surface area contributed by atoms with E-state index >= 15 is 0 Å². The maximum atomic E-state index is 13.8. The second kappa shape index (κ2) is 17.3. The quantitative estimate of drug-likeness (QED) is 0.146. The first-order chi connectivity index (χ1) is 20.5. The van der Waals surface area contributed by atoms with Crippen molar-refractivity contribution in [2.45, 2.75) is 117 Å². The van der Waals surface area contributed by atoms with Gasteiger partial charge < -0.3 is 20.6 Å². The molecule has 3 unspecified atom stereocenters. The molecule has 0 aliphatic carbocycles. The molecule has 2 heterocycles. The summed E-state index contributed by atoms with van der Waals surface area (Å²) in [6.07, 6.45) is 8.80. The van der Waals surface area contributed by atoms with Gasteiger partial charge >= 0.3 is 0 Å². The van der Waals surface area contributed by atoms with E-state index in [1.54, 1.807) is 11.3 Å². The number of nitrogens with one attached hydrogen (secondary N) is 2. The van der Waals surface area contributed by atoms with Crippen molar-refractivity contribution in [3.05, 3.63) is 41.0 Å². The third-order valence-electron chi connectivity index (χ3n) is 8.00. The number of aryl methyl sites for hydroxylation is 1. The van der Waals surface area contributed by atoms with E-state index in [-0.39, 0.29) is 30.7 Å². The Morgan fingerprint density at radius 2 is 1.67 bits per heavy atom. The molecule has 1 aromatic carbocycles. The smallest absolute Gasteiger partial charge is 0.246 e. The van der Waals surface area contributed by atoms with Crippen LogP contribution in [0.2, 0.25) is 0 Å². The number of aromatic nitrogens is 1. The topological polar surface area (TPSA) is 112 Å². The number of aliphatic hydroxyl groups excluding tert-OH is 1. The molecule has 43 heavy (non-hydrogen) atoms. The largest absolute Gasteiger partial charge is 0.391 e. The Bertz CT molecular complexity index is 1180. The number of hydrogen-bond donors (Lipinski definition) is 3. The molecule has 1 saturated heterocycles. The maximum Gasteiger partial charge on any atom is 0.246 e. The summed E-state index contributed by atoms with van der Waals surface area (Å²) in [5.41, 5.74) is 4.27. The summed E-state index contributed by atoms with van der Waals surface area (Å²) in [4.78, 5) is 46.8. The second-order valence-electron chi connectivity index (χ2n) is 12.7. The molecule has 0 saturated carbocycles. The summed E-state index contributed by atoms with van der Waals surface area (Å²) < 4.78 is 0. The van der Waals surface area contributed by atoms with Gasteiger partial charge in [-0.15, -0.1) is 11.3 Å². The molecule has 10 heteroatoms. The molecule has 8 nitrogen and oxygen atoms in total. The number of benzene rings is 1. The SMILES string of the molecule is Cc1ncsc1-c1ccc(CNC(=O)C2CC(O)CN2C(=O)C(NC(=O)CCCCCCCCCCBr)C(C)(C)C)cc1. The van der Waals surface area contributed by atoms with E-state index < -0.39 is 23.6 Å². The van der Waals surface area contributed by atoms with Crippen LogP contribution >= 0.6 is 27.3 Å². The van der Waals surface area contributed by atoms with E-state index in [4.69, 9.17) is 0 Å². The zero-order chi connectivity index (χ0) is 31.4. The highest BCUT2D eigenvalue weighted by Gasteiger charge is 2.44. The molecule has 0 radical (unpaired) electrons. The minimum atomic E-state index is -0.794. The van der Waals surface area contributed by atoms with Gasteiger partial charge in [-0.3, -0.25) is 14.4 Å². The minimum absolute atomic E-state index is 0.0674. The number of nitrogens with zero attached hydrogens (tertiary/aromatic N) is 2. The van der Waals surface area contributed by atoms with E-state index in [0.29, 0.717) is 13.0 Å². The fourth-order valence-electron chi connectivity index (χ4n) is 5.45. The molecule has 3 atom stereocenters. The number of alkyl halides is 1. The van der Waals surface area contributed by atoms with Crippen LogP contribution in [-0.4, -0.2) is 62.8 Å². The number of halogens is 1. The van der Waals surface area contributed by atoms with Gasteiger partial charge in [0.25, 0.3) is 0 Å². The number of thiazole rings is 1. The first-order valence-corrected chi connectivity index (χ1v) is 17.6. The van der Waals surface area contributed by atoms with Gasteiger partial charge in [0.2, 0.25) is 17.7 Å². The summed E-state index contributed by atoms with van der Waals surface area (Å²) in [5, 5.41) is 17.4. The average Bonchev–Trinajstić information content (AvgIpc) is 3.58. The molecule has 3 rings (SSSR count). The van der Waals surface area contributed by atoms with Crippen molar-refractivity contribution in [3.63, 3.8) is 0 Å². The van der Waals surface area contributed by atoms with Crippen molar-refractivity contribution in [3.8, 4) is 10.4 Å². The summed E-state index contributed by atoms with van der Waals surface area (Å²) >= 11 is 5.06. The molecule has 1 aromatic heterocycles. The normalized spacial score (nSPS) is 17.6. The highest BCUT2D eigenvalue weighted by Crippen LogP contribution is 2.28. The van der Waals surface area contributed by atoms with Crippen LogP contribution < -0.4 is 10.6 Å². The number of aliphatic hydroxyl groups is 1. The van der Waals surface area contributed by atoms with Crippen LogP contribution in [0.1, 0.15) is 96.2 Å². The van der Waals surface area contributed by atoms with Crippen LogP contribution in [0.15, 0.2) is 29.8 Å². The summed E-state index contributed by atoms with van der Waals surface area (Å²) in [6, 6.07) is 6.38. The van der Waals surface area contributed by atoms with Crippen LogP contribution in [0, 0.1) is 12.3 Å². The van der Waals surface area contributed by atoms with Crippen molar-refractivity contribution in [1.29, 1.82) is 0 Å². The lowest BCUT2D eigenvalue weighted by Crippen LogP contribution is -2.57. The third kappa shape index (κ3) is 11.0. The van der Waals surface area contributed by atoms with E-state index in [1.165, 1.54) is 37.0 Å². The zero-order valence-corrected chi connectivity index (χ0v) is 28.6. The molecular formula is C33H49BrN4O4S. The van der Waals surface area contributed by atoms with Gasteiger partial charge in [-0.2, -0.15) is 0 Å². The first kappa shape index (κ1) is 35.2. The van der Waals surface area contributed by atoms with Crippen molar-refractivity contribution in [2.24, 2.45) is 5.41 Å². The van der Waals surface area contributed by atoms with E-state index in [0.717, 1.165) is 46.3 Å². The Morgan fingerprint density at radius 1 is 1.05 bits per heavy atom. The van der Waals surface area contributed by atoms with Gasteiger partial charge in [-0.1, -0.05) is 99.5 Å². The Hall–Kier alpha value is -2.30. The highest BCUT2D eigenvalue weighted by atomic mass is 79.9. The van der Waals surface area contributed by atoms with E-state index in [2.05, 4.69) is 31.5 Å². The standard InChI is InChI=1S/C33H49BrN4O4S/c1-23-29(43-22-36-23)25-16-14-24(15-17-25)20-35-31(41)27-19-26(39)21-38(27)32(42)30(33(2,3)4)37-28(40)13-11-9-7-5-6-8-10-12-18-34/h14-17,22,26-27,30,39H,5-13,18-21H2,1-4H3,(H,35,41)(H,37,40). The van der Waals surface area contributed by atoms with Crippen molar-refractivity contribution < 1.29 is 19.5 Å². The monoisotopic (exact) mass is 676 g/mol. The molecule has 0 bridgehead atoms. The Morgan fingerprint density at radius 3 is 2.26 bits per heavy atom. The molecule has 1 aliphatic heterocycles. The molecule has 1 aliphatic rings. The van der Waals surface area contributed by atoms with Gasteiger partial charge in [0.1, 0.15) is 12.1 Å². The Kier molecular flexibility index (Phi) is 14.1. The summed E-state index contributed by atoms with van der Waals surface area (Å²) in [5.74, 6) is -0.785. The lowest BCUT2D eigenvalue weighted by atomic mass is 9.85. The van der Waals surface area contributed by atoms with Crippen LogP contribution in [0.4, 0.5) is 0 Å². The fourth-order valence-corrected chi connectivity index (χ4v) is 6.66. The number of rotatable bonds is 16. The summed E-state index contributed by atoms with van der Waals surface area (Å²) in [7, 11) is 0. The second-order valence-corrected chi connectivity index (χ2v) is 14.4. The predicted molar refractivity (Wildman–Crippen MR) is 177 cm³/mol. The summed E-state index contributed by atoms with van der Waals surface area (Å²) in [6.45, 7) is 8.08. The van der Waals surface area contributed by atoms with Crippen molar-refractivity contribution in [1.82, 2.24) is 20.5 Å². The molecular weight excluding hydrogens is 628 g/mol. The Labute approximate surface area is 269 Å². The number of carbonyl (C=O) groups is 3. The van der Waals surface area contributed by atoms with Gasteiger partial charge in [0.05, 0.1) is 22.2 Å². The van der Waals surface area contributed by atoms with Crippen LogP contribution in [-0.2, 0) is 20.9 Å². The van der Waals surface area contributed by atoms with Gasteiger partial charge in [-0.05, 0) is 36.3 Å². The number of carbonyl (C=O) groups excluding carboxylic acids is 3. The van der Waals surface area contributed by atoms with Gasteiger partial charge in [0, 0.05) is 31.3 Å². The zero-order valence-electron chi connectivity index (χ0n) is 26.2. The number of hydrogen-bond acceptors (Lipinski definition) is 6. The van der Waals surface area contributed by atoms with Crippen LogP contribution in [0.5, 0.6) is 0 Å². The molecule has 3 amide bonds. The number of likely N-dealkylation sites (tertiary alicyclic amines) is 1. The molecule has 2 aromatic rings.